The molecule has 2 aromatic carbocycles. The van der Waals surface area contributed by atoms with Gasteiger partial charge in [0.15, 0.2) is 0 Å². The van der Waals surface area contributed by atoms with Crippen molar-refractivity contribution in [2.24, 2.45) is 0 Å². The van der Waals surface area contributed by atoms with E-state index in [0.717, 1.165) is 48.2 Å². The molecule has 0 aromatic heterocycles. The minimum absolute atomic E-state index is 0.0359. The Bertz CT molecular complexity index is 898. The second-order valence-corrected chi connectivity index (χ2v) is 11.8. The highest BCUT2D eigenvalue weighted by Gasteiger charge is 2.33. The van der Waals surface area contributed by atoms with Crippen LogP contribution >= 0.6 is 25.2 Å². The van der Waals surface area contributed by atoms with Crippen LogP contribution < -0.4 is 14.8 Å². The van der Waals surface area contributed by atoms with Crippen molar-refractivity contribution < 1.29 is 19.7 Å². The lowest BCUT2D eigenvalue weighted by atomic mass is 9.89. The molecule has 220 valence electrons. The minimum Gasteiger partial charge on any atom is -0.508 e. The summed E-state index contributed by atoms with van der Waals surface area (Å²) < 4.78 is 12.4. The highest BCUT2D eigenvalue weighted by Crippen LogP contribution is 2.35. The van der Waals surface area contributed by atoms with E-state index in [1.165, 1.54) is 63.4 Å². The molecule has 3 N–H and O–H groups in total. The number of rotatable bonds is 11. The molecular formula is C32H51BrNO4P. The number of aliphatic hydroxyl groups is 1. The molecule has 0 spiro atoms. The Morgan fingerprint density at radius 3 is 2.15 bits per heavy atom. The lowest BCUT2D eigenvalue weighted by Gasteiger charge is -2.31. The molecule has 4 rings (SSSR count). The van der Waals surface area contributed by atoms with E-state index in [4.69, 9.17) is 14.6 Å². The van der Waals surface area contributed by atoms with Gasteiger partial charge in [0.05, 0.1) is 17.2 Å². The van der Waals surface area contributed by atoms with Crippen molar-refractivity contribution in [3.8, 4) is 17.2 Å². The Morgan fingerprint density at radius 2 is 1.62 bits per heavy atom. The van der Waals surface area contributed by atoms with Crippen LogP contribution in [0.5, 0.6) is 17.2 Å². The van der Waals surface area contributed by atoms with Gasteiger partial charge in [0.25, 0.3) is 0 Å². The van der Waals surface area contributed by atoms with Gasteiger partial charge in [-0.3, -0.25) is 0 Å². The molecule has 0 saturated heterocycles. The molecule has 2 aromatic rings. The van der Waals surface area contributed by atoms with E-state index in [1.807, 2.05) is 0 Å². The lowest BCUT2D eigenvalue weighted by Crippen LogP contribution is -2.45. The Morgan fingerprint density at radius 1 is 0.949 bits per heavy atom. The largest absolute Gasteiger partial charge is 0.508 e. The van der Waals surface area contributed by atoms with Crippen molar-refractivity contribution in [1.29, 1.82) is 0 Å². The summed E-state index contributed by atoms with van der Waals surface area (Å²) in [5.74, 6) is 1.95. The van der Waals surface area contributed by atoms with E-state index in [-0.39, 0.29) is 17.4 Å². The van der Waals surface area contributed by atoms with Gasteiger partial charge in [-0.1, -0.05) is 74.1 Å². The quantitative estimate of drug-likeness (QED) is 0.173. The summed E-state index contributed by atoms with van der Waals surface area (Å²) in [6.45, 7) is 5.97. The maximum atomic E-state index is 9.32. The predicted octanol–water partition coefficient (Wildman–Crippen LogP) is 8.40. The Balaban J connectivity index is 0.000000404. The second-order valence-electron chi connectivity index (χ2n) is 10.7. The van der Waals surface area contributed by atoms with Crippen LogP contribution in [0.3, 0.4) is 0 Å². The van der Waals surface area contributed by atoms with Crippen LogP contribution in [0.1, 0.15) is 96.5 Å². The highest BCUT2D eigenvalue weighted by molar-refractivity contribution is 9.10. The normalized spacial score (nSPS) is 16.4. The minimum atomic E-state index is 0.0359. The molecule has 2 aliphatic carbocycles. The lowest BCUT2D eigenvalue weighted by molar-refractivity contribution is 0.130. The fraction of sp³-hybridized carbons (Fsp3) is 0.625. The van der Waals surface area contributed by atoms with E-state index in [0.29, 0.717) is 13.0 Å². The number of aliphatic hydroxyl groups excluding tert-OH is 1. The van der Waals surface area contributed by atoms with Gasteiger partial charge in [0.1, 0.15) is 23.6 Å². The van der Waals surface area contributed by atoms with Crippen LogP contribution in [0.15, 0.2) is 46.9 Å². The molecule has 1 atom stereocenters. The SMILES string of the molecule is CCCC.OC1CCCCC1.Oc1ccc(OCCCNC2(Cc3ccc(OCP)c(Br)c3)CCCC2)cc1. The Kier molecular flexibility index (Phi) is 17.1. The fourth-order valence-corrected chi connectivity index (χ4v) is 5.68. The smallest absolute Gasteiger partial charge is 0.133 e. The van der Waals surface area contributed by atoms with Crippen LogP contribution in [0, 0.1) is 0 Å². The first kappa shape index (κ1) is 33.9. The molecule has 2 fully saturated rings. The molecule has 0 aliphatic heterocycles. The average Bonchev–Trinajstić information content (AvgIpc) is 3.40. The summed E-state index contributed by atoms with van der Waals surface area (Å²) >= 11 is 3.63. The van der Waals surface area contributed by atoms with Crippen molar-refractivity contribution in [3.63, 3.8) is 0 Å². The van der Waals surface area contributed by atoms with Gasteiger partial charge in [-0.15, -0.1) is 0 Å². The van der Waals surface area contributed by atoms with Crippen LogP contribution in [0.4, 0.5) is 0 Å². The molecule has 0 amide bonds. The molecule has 0 bridgehead atoms. The van der Waals surface area contributed by atoms with E-state index >= 15 is 0 Å². The van der Waals surface area contributed by atoms with E-state index in [9.17, 15) is 5.11 Å². The topological polar surface area (TPSA) is 71.0 Å². The van der Waals surface area contributed by atoms with Gasteiger partial charge in [-0.2, -0.15) is 0 Å². The highest BCUT2D eigenvalue weighted by atomic mass is 79.9. The first-order valence-corrected chi connectivity index (χ1v) is 16.5. The van der Waals surface area contributed by atoms with Crippen LogP contribution in [-0.4, -0.2) is 41.4 Å². The number of hydrogen-bond acceptors (Lipinski definition) is 5. The summed E-state index contributed by atoms with van der Waals surface area (Å²) in [4.78, 5) is 0. The molecule has 39 heavy (non-hydrogen) atoms. The monoisotopic (exact) mass is 623 g/mol. The van der Waals surface area contributed by atoms with Gasteiger partial charge in [-0.25, -0.2) is 0 Å². The second kappa shape index (κ2) is 19.7. The van der Waals surface area contributed by atoms with Gasteiger partial charge in [0.2, 0.25) is 0 Å². The third-order valence-electron chi connectivity index (χ3n) is 7.34. The van der Waals surface area contributed by atoms with Crippen molar-refractivity contribution in [3.05, 3.63) is 52.5 Å². The summed E-state index contributed by atoms with van der Waals surface area (Å²) in [6.07, 6.45) is 16.1. The first-order chi connectivity index (χ1) is 18.9. The fourth-order valence-electron chi connectivity index (χ4n) is 4.96. The van der Waals surface area contributed by atoms with Crippen LogP contribution in [-0.2, 0) is 6.42 Å². The zero-order chi connectivity index (χ0) is 28.3. The number of hydrogen-bond donors (Lipinski definition) is 3. The van der Waals surface area contributed by atoms with E-state index in [1.54, 1.807) is 24.3 Å². The number of phenols is 1. The average molecular weight is 625 g/mol. The maximum Gasteiger partial charge on any atom is 0.133 e. The number of unbranched alkanes of at least 4 members (excludes halogenated alkanes) is 1. The summed E-state index contributed by atoms with van der Waals surface area (Å²) in [5.41, 5.74) is 1.51. The molecule has 0 radical (unpaired) electrons. The first-order valence-electron chi connectivity index (χ1n) is 14.9. The zero-order valence-corrected chi connectivity index (χ0v) is 26.8. The van der Waals surface area contributed by atoms with E-state index in [2.05, 4.69) is 62.5 Å². The molecule has 2 aliphatic rings. The van der Waals surface area contributed by atoms with Crippen LogP contribution in [0.2, 0.25) is 0 Å². The van der Waals surface area contributed by atoms with Crippen molar-refractivity contribution in [1.82, 2.24) is 5.32 Å². The van der Waals surface area contributed by atoms with Crippen LogP contribution in [0.25, 0.3) is 0 Å². The molecule has 7 heteroatoms. The van der Waals surface area contributed by atoms with Gasteiger partial charge in [-0.05, 0) is 103 Å². The number of nitrogens with one attached hydrogen (secondary N) is 1. The van der Waals surface area contributed by atoms with Gasteiger partial charge < -0.3 is 25.0 Å². The molecule has 5 nitrogen and oxygen atoms in total. The third kappa shape index (κ3) is 13.7. The zero-order valence-electron chi connectivity index (χ0n) is 24.1. The maximum absolute atomic E-state index is 9.32. The summed E-state index contributed by atoms with van der Waals surface area (Å²) in [5, 5.41) is 22.1. The third-order valence-corrected chi connectivity index (χ3v) is 8.13. The summed E-state index contributed by atoms with van der Waals surface area (Å²) in [6, 6.07) is 13.3. The van der Waals surface area contributed by atoms with Crippen molar-refractivity contribution in [2.45, 2.75) is 109 Å². The molecule has 0 heterocycles. The predicted molar refractivity (Wildman–Crippen MR) is 170 cm³/mol. The van der Waals surface area contributed by atoms with Crippen molar-refractivity contribution in [2.75, 3.05) is 19.5 Å². The molecular weight excluding hydrogens is 573 g/mol. The van der Waals surface area contributed by atoms with E-state index < -0.39 is 0 Å². The molecule has 2 saturated carbocycles. The number of aromatic hydroxyl groups is 1. The van der Waals surface area contributed by atoms with Gasteiger partial charge in [0, 0.05) is 5.54 Å². The number of phenolic OH excluding ortho intramolecular Hbond substituents is 1. The van der Waals surface area contributed by atoms with Crippen molar-refractivity contribution >= 4 is 25.2 Å². The molecule has 1 unspecified atom stereocenters. The number of benzene rings is 2. The number of halogens is 1. The Labute approximate surface area is 247 Å². The number of ether oxygens (including phenoxy) is 2. The Hall–Kier alpha value is -1.33. The summed E-state index contributed by atoms with van der Waals surface area (Å²) in [7, 11) is 2.58. The standard InChI is InChI=1S/C22H29BrNO3P.C6H12O.C4H10/c23-20-14-17(4-9-21(20)27-16-28)15-22(10-1-2-11-22)24-12-3-13-26-19-7-5-18(25)6-8-19;7-6-4-2-1-3-5-6;1-3-4-2/h4-9,14,24-25H,1-3,10-13,15-16,28H2;6-7H,1-5H2;3-4H2,1-2H3. The van der Waals surface area contributed by atoms with Gasteiger partial charge >= 0.3 is 0 Å².